The summed E-state index contributed by atoms with van der Waals surface area (Å²) in [5, 5.41) is 8.82. The van der Waals surface area contributed by atoms with Gasteiger partial charge in [-0.05, 0) is 53.9 Å². The molecule has 5 rings (SSSR count). The third kappa shape index (κ3) is 4.29. The van der Waals surface area contributed by atoms with Gasteiger partial charge in [0, 0.05) is 27.7 Å². The second kappa shape index (κ2) is 9.53. The first-order valence-corrected chi connectivity index (χ1v) is 11.9. The predicted octanol–water partition coefficient (Wildman–Crippen LogP) is 6.92. The van der Waals surface area contributed by atoms with Crippen molar-refractivity contribution in [1.29, 1.82) is 0 Å². The average molecular weight is 492 g/mol. The molecule has 4 aromatic rings. The van der Waals surface area contributed by atoms with Crippen LogP contribution in [0.25, 0.3) is 11.3 Å². The largest absolute Gasteiger partial charge is 0.494 e. The van der Waals surface area contributed by atoms with Gasteiger partial charge < -0.3 is 9.64 Å². The number of ether oxygens (including phenoxy) is 1. The minimum atomic E-state index is -0.303. The number of hydrogen-bond acceptors (Lipinski definition) is 3. The molecule has 0 saturated carbocycles. The molecule has 172 valence electrons. The van der Waals surface area contributed by atoms with E-state index in [0.29, 0.717) is 28.9 Å². The van der Waals surface area contributed by atoms with Crippen molar-refractivity contribution in [2.75, 3.05) is 6.61 Å². The lowest BCUT2D eigenvalue weighted by Crippen LogP contribution is -2.29. The van der Waals surface area contributed by atoms with Crippen LogP contribution in [0.1, 0.15) is 46.6 Å². The summed E-state index contributed by atoms with van der Waals surface area (Å²) in [6.45, 7) is 3.18. The van der Waals surface area contributed by atoms with Crippen LogP contribution in [0.5, 0.6) is 5.75 Å². The lowest BCUT2D eigenvalue weighted by atomic mass is 9.96. The Bertz CT molecular complexity index is 1300. The average Bonchev–Trinajstić information content (AvgIpc) is 3.39. The number of aromatic nitrogens is 2. The Balaban J connectivity index is 1.58. The summed E-state index contributed by atoms with van der Waals surface area (Å²) in [4.78, 5) is 15.4. The molecule has 34 heavy (non-hydrogen) atoms. The van der Waals surface area contributed by atoms with Crippen LogP contribution in [-0.2, 0) is 6.54 Å². The minimum Gasteiger partial charge on any atom is -0.494 e. The summed E-state index contributed by atoms with van der Waals surface area (Å²) < 4.78 is 5.76. The van der Waals surface area contributed by atoms with Crippen molar-refractivity contribution in [3.8, 4) is 17.0 Å². The highest BCUT2D eigenvalue weighted by atomic mass is 35.5. The monoisotopic (exact) mass is 491 g/mol. The van der Waals surface area contributed by atoms with Gasteiger partial charge in [-0.3, -0.25) is 9.89 Å². The molecule has 0 spiro atoms. The van der Waals surface area contributed by atoms with Gasteiger partial charge in [-0.1, -0.05) is 66.5 Å². The summed E-state index contributed by atoms with van der Waals surface area (Å²) >= 11 is 12.2. The Morgan fingerprint density at radius 2 is 1.59 bits per heavy atom. The van der Waals surface area contributed by atoms with Gasteiger partial charge in [0.25, 0.3) is 5.91 Å². The summed E-state index contributed by atoms with van der Waals surface area (Å²) in [5.74, 6) is 0.721. The van der Waals surface area contributed by atoms with E-state index in [1.807, 2.05) is 77.7 Å². The molecule has 0 fully saturated rings. The van der Waals surface area contributed by atoms with Crippen LogP contribution < -0.4 is 4.74 Å². The smallest absolute Gasteiger partial charge is 0.273 e. The predicted molar refractivity (Wildman–Crippen MR) is 134 cm³/mol. The Labute approximate surface area is 208 Å². The van der Waals surface area contributed by atoms with Crippen LogP contribution in [0.2, 0.25) is 10.0 Å². The van der Waals surface area contributed by atoms with Crippen molar-refractivity contribution in [3.05, 3.63) is 105 Å². The summed E-state index contributed by atoms with van der Waals surface area (Å²) in [6.07, 6.45) is 0.941. The lowest BCUT2D eigenvalue weighted by Gasteiger charge is -2.26. The zero-order valence-corrected chi connectivity index (χ0v) is 20.1. The number of rotatable bonds is 7. The molecule has 0 radical (unpaired) electrons. The highest BCUT2D eigenvalue weighted by Crippen LogP contribution is 2.44. The van der Waals surface area contributed by atoms with Crippen molar-refractivity contribution >= 4 is 29.1 Å². The fourth-order valence-electron chi connectivity index (χ4n) is 4.29. The summed E-state index contributed by atoms with van der Waals surface area (Å²) in [6, 6.07) is 22.7. The fourth-order valence-corrected chi connectivity index (χ4v) is 4.54. The number of amides is 1. The molecule has 7 heteroatoms. The summed E-state index contributed by atoms with van der Waals surface area (Å²) in [7, 11) is 0. The van der Waals surface area contributed by atoms with E-state index in [2.05, 4.69) is 17.1 Å². The van der Waals surface area contributed by atoms with Gasteiger partial charge in [0.1, 0.15) is 11.4 Å². The molecule has 0 saturated heterocycles. The molecule has 1 amide bonds. The second-order valence-electron chi connectivity index (χ2n) is 8.25. The van der Waals surface area contributed by atoms with Crippen molar-refractivity contribution in [1.82, 2.24) is 15.1 Å². The fraction of sp³-hybridized carbons (Fsp3) is 0.185. The molecular formula is C27H23Cl2N3O2. The van der Waals surface area contributed by atoms with E-state index in [4.69, 9.17) is 27.9 Å². The third-order valence-electron chi connectivity index (χ3n) is 5.92. The van der Waals surface area contributed by atoms with E-state index in [-0.39, 0.29) is 11.9 Å². The first-order chi connectivity index (χ1) is 16.5. The van der Waals surface area contributed by atoms with Crippen molar-refractivity contribution in [2.45, 2.75) is 25.9 Å². The SMILES string of the molecule is CCCOc1ccc(C2c3c(-c4ccc(Cl)cc4)n[nH]c3C(=O)N2Cc2ccc(Cl)cc2)cc1. The Hall–Kier alpha value is -3.28. The van der Waals surface area contributed by atoms with E-state index >= 15 is 0 Å². The van der Waals surface area contributed by atoms with Crippen molar-refractivity contribution in [2.24, 2.45) is 0 Å². The minimum absolute atomic E-state index is 0.0889. The van der Waals surface area contributed by atoms with Crippen LogP contribution in [0.3, 0.4) is 0 Å². The van der Waals surface area contributed by atoms with E-state index in [1.54, 1.807) is 0 Å². The maximum absolute atomic E-state index is 13.5. The van der Waals surface area contributed by atoms with Crippen LogP contribution in [0.4, 0.5) is 0 Å². The van der Waals surface area contributed by atoms with E-state index < -0.39 is 0 Å². The maximum atomic E-state index is 13.5. The van der Waals surface area contributed by atoms with Gasteiger partial charge in [0.15, 0.2) is 0 Å². The number of carbonyl (C=O) groups is 1. The van der Waals surface area contributed by atoms with Crippen LogP contribution in [0.15, 0.2) is 72.8 Å². The molecule has 2 heterocycles. The first kappa shape index (κ1) is 22.5. The molecule has 1 atom stereocenters. The molecule has 1 aliphatic heterocycles. The highest BCUT2D eigenvalue weighted by Gasteiger charge is 2.42. The Morgan fingerprint density at radius 3 is 2.24 bits per heavy atom. The number of H-pyrrole nitrogens is 1. The van der Waals surface area contributed by atoms with Crippen LogP contribution in [-0.4, -0.2) is 27.6 Å². The lowest BCUT2D eigenvalue weighted by molar-refractivity contribution is 0.0730. The zero-order valence-electron chi connectivity index (χ0n) is 18.6. The van der Waals surface area contributed by atoms with Gasteiger partial charge in [-0.15, -0.1) is 0 Å². The standard InChI is InChI=1S/C27H23Cl2N3O2/c1-2-15-34-22-13-7-19(8-14-22)26-23-24(18-5-11-21(29)12-6-18)30-31-25(23)27(33)32(26)16-17-3-9-20(28)10-4-17/h3-14,26H,2,15-16H2,1H3,(H,30,31). The normalized spacial score (nSPS) is 15.0. The molecule has 1 unspecified atom stereocenters. The van der Waals surface area contributed by atoms with E-state index in [1.165, 1.54) is 0 Å². The Morgan fingerprint density at radius 1 is 0.941 bits per heavy atom. The number of benzene rings is 3. The van der Waals surface area contributed by atoms with Gasteiger partial charge in [0.2, 0.25) is 0 Å². The van der Waals surface area contributed by atoms with Crippen molar-refractivity contribution in [3.63, 3.8) is 0 Å². The molecular weight excluding hydrogens is 469 g/mol. The number of halogens is 2. The number of aromatic amines is 1. The number of carbonyl (C=O) groups excluding carboxylic acids is 1. The van der Waals surface area contributed by atoms with E-state index in [0.717, 1.165) is 40.1 Å². The van der Waals surface area contributed by atoms with Gasteiger partial charge in [-0.2, -0.15) is 5.10 Å². The van der Waals surface area contributed by atoms with Crippen LogP contribution in [0, 0.1) is 0 Å². The molecule has 0 aliphatic carbocycles. The quantitative estimate of drug-likeness (QED) is 0.305. The molecule has 1 N–H and O–H groups in total. The highest BCUT2D eigenvalue weighted by molar-refractivity contribution is 6.30. The number of nitrogens with zero attached hydrogens (tertiary/aromatic N) is 2. The molecule has 3 aromatic carbocycles. The van der Waals surface area contributed by atoms with Gasteiger partial charge in [0.05, 0.1) is 18.3 Å². The summed E-state index contributed by atoms with van der Waals surface area (Å²) in [5.41, 5.74) is 5.00. The molecule has 1 aliphatic rings. The first-order valence-electron chi connectivity index (χ1n) is 11.2. The van der Waals surface area contributed by atoms with Crippen LogP contribution >= 0.6 is 23.2 Å². The third-order valence-corrected chi connectivity index (χ3v) is 6.42. The second-order valence-corrected chi connectivity index (χ2v) is 9.12. The number of hydrogen-bond donors (Lipinski definition) is 1. The zero-order chi connectivity index (χ0) is 23.7. The number of fused-ring (bicyclic) bond motifs is 1. The van der Waals surface area contributed by atoms with Gasteiger partial charge >= 0.3 is 0 Å². The number of nitrogens with one attached hydrogen (secondary N) is 1. The van der Waals surface area contributed by atoms with E-state index in [9.17, 15) is 4.79 Å². The van der Waals surface area contributed by atoms with Crippen molar-refractivity contribution < 1.29 is 9.53 Å². The molecule has 1 aromatic heterocycles. The molecule has 5 nitrogen and oxygen atoms in total. The Kier molecular flexibility index (Phi) is 6.31. The maximum Gasteiger partial charge on any atom is 0.273 e. The molecule has 0 bridgehead atoms. The van der Waals surface area contributed by atoms with Gasteiger partial charge in [-0.25, -0.2) is 0 Å². The topological polar surface area (TPSA) is 58.2 Å².